The first kappa shape index (κ1) is 10.5. The molecule has 0 aromatic rings. The summed E-state index contributed by atoms with van der Waals surface area (Å²) < 4.78 is 0. The van der Waals surface area contributed by atoms with Gasteiger partial charge in [-0.1, -0.05) is 34.1 Å². The fraction of sp³-hybridized carbons (Fsp3) is 1.00. The Morgan fingerprint density at radius 1 is 1.00 bits per heavy atom. The van der Waals surface area contributed by atoms with Gasteiger partial charge in [-0.15, -0.1) is 0 Å². The molecular weight excluding hydrogens is 168 g/mol. The zero-order valence-corrected chi connectivity index (χ0v) is 10.3. The van der Waals surface area contributed by atoms with Gasteiger partial charge in [-0.2, -0.15) is 0 Å². The Kier molecular flexibility index (Phi) is 2.66. The number of hydrogen-bond donors (Lipinski definition) is 0. The predicted molar refractivity (Wildman–Crippen MR) is 62.2 cm³/mol. The van der Waals surface area contributed by atoms with Crippen molar-refractivity contribution in [2.24, 2.45) is 29.1 Å². The zero-order chi connectivity index (χ0) is 10.3. The van der Waals surface area contributed by atoms with Crippen LogP contribution in [0.2, 0.25) is 0 Å². The molecule has 0 aromatic carbocycles. The van der Waals surface area contributed by atoms with Crippen molar-refractivity contribution in [2.45, 2.75) is 59.8 Å². The molecule has 0 radical (unpaired) electrons. The van der Waals surface area contributed by atoms with Gasteiger partial charge in [0.2, 0.25) is 0 Å². The van der Waals surface area contributed by atoms with Crippen molar-refractivity contribution in [2.75, 3.05) is 0 Å². The lowest BCUT2D eigenvalue weighted by Crippen LogP contribution is -2.21. The third-order valence-electron chi connectivity index (χ3n) is 5.27. The number of hydrogen-bond acceptors (Lipinski definition) is 0. The van der Waals surface area contributed by atoms with Gasteiger partial charge < -0.3 is 0 Å². The highest BCUT2D eigenvalue weighted by atomic mass is 14.5. The maximum atomic E-state index is 2.47. The Bertz CT molecular complexity index is 190. The molecule has 0 aromatic heterocycles. The van der Waals surface area contributed by atoms with E-state index in [9.17, 15) is 0 Å². The average Bonchev–Trinajstić information content (AvgIpc) is 2.61. The number of fused-ring (bicyclic) bond motifs is 1. The molecule has 0 heterocycles. The highest BCUT2D eigenvalue weighted by molar-refractivity contribution is 4.94. The quantitative estimate of drug-likeness (QED) is 0.607. The number of rotatable bonds is 2. The standard InChI is InChI=1S/C14H26/c1-5-14(3,4)13-8-11-6-10(2)7-12(11)9-13/h10-13H,5-9H2,1-4H3. The first-order valence-electron chi connectivity index (χ1n) is 6.53. The zero-order valence-electron chi connectivity index (χ0n) is 10.3. The average molecular weight is 194 g/mol. The molecule has 2 fully saturated rings. The summed E-state index contributed by atoms with van der Waals surface area (Å²) in [4.78, 5) is 0. The van der Waals surface area contributed by atoms with Gasteiger partial charge in [0, 0.05) is 0 Å². The van der Waals surface area contributed by atoms with Crippen LogP contribution in [-0.2, 0) is 0 Å². The van der Waals surface area contributed by atoms with Crippen LogP contribution in [0.15, 0.2) is 0 Å². The minimum atomic E-state index is 0.605. The van der Waals surface area contributed by atoms with Gasteiger partial charge in [-0.05, 0) is 54.8 Å². The maximum Gasteiger partial charge on any atom is -0.0328 e. The third-order valence-corrected chi connectivity index (χ3v) is 5.27. The van der Waals surface area contributed by atoms with Crippen LogP contribution in [0, 0.1) is 29.1 Å². The second-order valence-corrected chi connectivity index (χ2v) is 6.61. The molecule has 2 aliphatic rings. The molecule has 0 saturated heterocycles. The van der Waals surface area contributed by atoms with Gasteiger partial charge in [0.1, 0.15) is 0 Å². The lowest BCUT2D eigenvalue weighted by atomic mass is 9.74. The van der Waals surface area contributed by atoms with Crippen LogP contribution < -0.4 is 0 Å². The van der Waals surface area contributed by atoms with Crippen LogP contribution in [0.1, 0.15) is 59.8 Å². The lowest BCUT2D eigenvalue weighted by Gasteiger charge is -2.31. The fourth-order valence-corrected chi connectivity index (χ4v) is 3.85. The van der Waals surface area contributed by atoms with Crippen LogP contribution in [0.5, 0.6) is 0 Å². The fourth-order valence-electron chi connectivity index (χ4n) is 3.85. The summed E-state index contributed by atoms with van der Waals surface area (Å²) in [6.07, 6.45) is 7.49. The third kappa shape index (κ3) is 1.73. The predicted octanol–water partition coefficient (Wildman–Crippen LogP) is 4.49. The molecule has 2 aliphatic carbocycles. The van der Waals surface area contributed by atoms with Crippen molar-refractivity contribution in [1.82, 2.24) is 0 Å². The molecule has 0 aliphatic heterocycles. The Morgan fingerprint density at radius 2 is 1.50 bits per heavy atom. The molecule has 0 nitrogen and oxygen atoms in total. The minimum absolute atomic E-state index is 0.605. The van der Waals surface area contributed by atoms with E-state index in [4.69, 9.17) is 0 Å². The van der Waals surface area contributed by atoms with Gasteiger partial charge in [-0.25, -0.2) is 0 Å². The summed E-state index contributed by atoms with van der Waals surface area (Å²) in [5.74, 6) is 4.24. The van der Waals surface area contributed by atoms with Crippen LogP contribution in [0.4, 0.5) is 0 Å². The Hall–Kier alpha value is 0. The van der Waals surface area contributed by atoms with Crippen LogP contribution in [0.3, 0.4) is 0 Å². The maximum absolute atomic E-state index is 2.47. The van der Waals surface area contributed by atoms with E-state index in [1.54, 1.807) is 0 Å². The molecule has 82 valence electrons. The van der Waals surface area contributed by atoms with E-state index in [0.717, 1.165) is 23.7 Å². The SMILES string of the molecule is CCC(C)(C)C1CC2CC(C)CC2C1. The molecule has 0 heteroatoms. The van der Waals surface area contributed by atoms with Crippen LogP contribution >= 0.6 is 0 Å². The Balaban J connectivity index is 1.97. The van der Waals surface area contributed by atoms with Crippen LogP contribution in [0.25, 0.3) is 0 Å². The Morgan fingerprint density at radius 3 is 1.93 bits per heavy atom. The van der Waals surface area contributed by atoms with E-state index in [1.807, 2.05) is 0 Å². The molecule has 0 spiro atoms. The van der Waals surface area contributed by atoms with Gasteiger partial charge >= 0.3 is 0 Å². The van der Waals surface area contributed by atoms with Gasteiger partial charge in [-0.3, -0.25) is 0 Å². The highest BCUT2D eigenvalue weighted by Gasteiger charge is 2.44. The molecule has 2 saturated carbocycles. The molecule has 0 amide bonds. The summed E-state index contributed by atoms with van der Waals surface area (Å²) >= 11 is 0. The van der Waals surface area contributed by atoms with E-state index < -0.39 is 0 Å². The summed E-state index contributed by atoms with van der Waals surface area (Å²) in [6, 6.07) is 0. The summed E-state index contributed by atoms with van der Waals surface area (Å²) in [5.41, 5.74) is 0.605. The van der Waals surface area contributed by atoms with Crippen molar-refractivity contribution in [3.63, 3.8) is 0 Å². The van der Waals surface area contributed by atoms with E-state index in [0.29, 0.717) is 5.41 Å². The molecule has 0 bridgehead atoms. The first-order chi connectivity index (χ1) is 6.53. The normalized spacial score (nSPS) is 42.9. The monoisotopic (exact) mass is 194 g/mol. The topological polar surface area (TPSA) is 0 Å². The minimum Gasteiger partial charge on any atom is -0.0649 e. The van der Waals surface area contributed by atoms with Crippen molar-refractivity contribution < 1.29 is 0 Å². The molecule has 14 heavy (non-hydrogen) atoms. The van der Waals surface area contributed by atoms with Gasteiger partial charge in [0.15, 0.2) is 0 Å². The second-order valence-electron chi connectivity index (χ2n) is 6.61. The second kappa shape index (κ2) is 3.54. The summed E-state index contributed by atoms with van der Waals surface area (Å²) in [6.45, 7) is 9.75. The Labute approximate surface area is 89.5 Å². The van der Waals surface area contributed by atoms with Gasteiger partial charge in [0.05, 0.1) is 0 Å². The van der Waals surface area contributed by atoms with E-state index in [2.05, 4.69) is 27.7 Å². The molecule has 0 N–H and O–H groups in total. The van der Waals surface area contributed by atoms with Crippen molar-refractivity contribution in [1.29, 1.82) is 0 Å². The molecule has 2 rings (SSSR count). The largest absolute Gasteiger partial charge is 0.0649 e. The van der Waals surface area contributed by atoms with E-state index in [1.165, 1.54) is 32.1 Å². The van der Waals surface area contributed by atoms with E-state index >= 15 is 0 Å². The highest BCUT2D eigenvalue weighted by Crippen LogP contribution is 2.54. The lowest BCUT2D eigenvalue weighted by molar-refractivity contribution is 0.193. The summed E-state index contributed by atoms with van der Waals surface area (Å²) in [7, 11) is 0. The molecule has 2 atom stereocenters. The van der Waals surface area contributed by atoms with Crippen molar-refractivity contribution in [3.8, 4) is 0 Å². The van der Waals surface area contributed by atoms with Crippen LogP contribution in [-0.4, -0.2) is 0 Å². The smallest absolute Gasteiger partial charge is 0.0328 e. The van der Waals surface area contributed by atoms with Gasteiger partial charge in [0.25, 0.3) is 0 Å². The van der Waals surface area contributed by atoms with E-state index in [-0.39, 0.29) is 0 Å². The molecular formula is C14H26. The van der Waals surface area contributed by atoms with Crippen molar-refractivity contribution in [3.05, 3.63) is 0 Å². The van der Waals surface area contributed by atoms with Crippen molar-refractivity contribution >= 4 is 0 Å². The summed E-state index contributed by atoms with van der Waals surface area (Å²) in [5, 5.41) is 0. The first-order valence-corrected chi connectivity index (χ1v) is 6.53. The molecule has 2 unspecified atom stereocenters.